The molecule has 1 aromatic heterocycles. The van der Waals surface area contributed by atoms with Crippen LogP contribution in [0.4, 0.5) is 0 Å². The maximum absolute atomic E-state index is 12.7. The van der Waals surface area contributed by atoms with Crippen LogP contribution in [0, 0.1) is 12.8 Å². The summed E-state index contributed by atoms with van der Waals surface area (Å²) in [5.41, 5.74) is 1.82. The Morgan fingerprint density at radius 1 is 1.26 bits per heavy atom. The first-order valence-electron chi connectivity index (χ1n) is 9.71. The van der Waals surface area contributed by atoms with E-state index in [1.807, 2.05) is 55.1 Å². The molecule has 1 fully saturated rings. The molecule has 2 unspecified atom stereocenters. The van der Waals surface area contributed by atoms with Gasteiger partial charge in [0.1, 0.15) is 5.76 Å². The standard InChI is InChI=1S/C22H28N2O3/c1-16-7-10-18(11-8-16)22(26)24-13-3-5-19(15-24)21(25)23-17(2)9-12-20-6-4-14-27-20/h4,6-8,10-11,14,17,19H,3,5,9,12-13,15H2,1-2H3,(H,23,25). The monoisotopic (exact) mass is 368 g/mol. The molecule has 2 heterocycles. The lowest BCUT2D eigenvalue weighted by molar-refractivity contribution is -0.127. The Bertz CT molecular complexity index is 752. The second-order valence-electron chi connectivity index (χ2n) is 7.48. The summed E-state index contributed by atoms with van der Waals surface area (Å²) in [5, 5.41) is 3.10. The van der Waals surface area contributed by atoms with E-state index in [1.54, 1.807) is 6.26 Å². The summed E-state index contributed by atoms with van der Waals surface area (Å²) >= 11 is 0. The Morgan fingerprint density at radius 2 is 2.04 bits per heavy atom. The number of likely N-dealkylation sites (tertiary alicyclic amines) is 1. The van der Waals surface area contributed by atoms with Gasteiger partial charge in [0, 0.05) is 31.1 Å². The predicted molar refractivity (Wildman–Crippen MR) is 104 cm³/mol. The summed E-state index contributed by atoms with van der Waals surface area (Å²) in [4.78, 5) is 27.2. The number of benzene rings is 1. The minimum absolute atomic E-state index is 0.0124. The van der Waals surface area contributed by atoms with E-state index >= 15 is 0 Å². The molecule has 3 rings (SSSR count). The van der Waals surface area contributed by atoms with Crippen LogP contribution in [0.5, 0.6) is 0 Å². The van der Waals surface area contributed by atoms with Crippen LogP contribution in [0.1, 0.15) is 47.9 Å². The molecule has 5 nitrogen and oxygen atoms in total. The van der Waals surface area contributed by atoms with Crippen molar-refractivity contribution in [1.82, 2.24) is 10.2 Å². The van der Waals surface area contributed by atoms with Crippen molar-refractivity contribution in [3.8, 4) is 0 Å². The van der Waals surface area contributed by atoms with Crippen LogP contribution in [0.2, 0.25) is 0 Å². The number of rotatable bonds is 6. The van der Waals surface area contributed by atoms with Crippen molar-refractivity contribution in [3.05, 3.63) is 59.5 Å². The first-order chi connectivity index (χ1) is 13.0. The molecule has 0 spiro atoms. The largest absolute Gasteiger partial charge is 0.469 e. The van der Waals surface area contributed by atoms with Crippen LogP contribution in [0.25, 0.3) is 0 Å². The summed E-state index contributed by atoms with van der Waals surface area (Å²) in [7, 11) is 0. The highest BCUT2D eigenvalue weighted by Crippen LogP contribution is 2.19. The number of hydrogen-bond acceptors (Lipinski definition) is 3. The molecule has 0 aliphatic carbocycles. The number of aryl methyl sites for hydroxylation is 2. The van der Waals surface area contributed by atoms with Gasteiger partial charge in [0.15, 0.2) is 0 Å². The van der Waals surface area contributed by atoms with Gasteiger partial charge in [0.2, 0.25) is 5.91 Å². The fraction of sp³-hybridized carbons (Fsp3) is 0.455. The van der Waals surface area contributed by atoms with Gasteiger partial charge in [-0.1, -0.05) is 17.7 Å². The molecule has 1 aliphatic heterocycles. The van der Waals surface area contributed by atoms with E-state index in [0.717, 1.165) is 37.0 Å². The van der Waals surface area contributed by atoms with Crippen LogP contribution in [-0.2, 0) is 11.2 Å². The van der Waals surface area contributed by atoms with Gasteiger partial charge in [-0.25, -0.2) is 0 Å². The van der Waals surface area contributed by atoms with Gasteiger partial charge in [-0.2, -0.15) is 0 Å². The van der Waals surface area contributed by atoms with E-state index in [2.05, 4.69) is 5.32 Å². The number of amides is 2. The Kier molecular flexibility index (Phi) is 6.32. The van der Waals surface area contributed by atoms with Crippen molar-refractivity contribution in [3.63, 3.8) is 0 Å². The number of nitrogens with zero attached hydrogens (tertiary/aromatic N) is 1. The number of carbonyl (C=O) groups excluding carboxylic acids is 2. The van der Waals surface area contributed by atoms with E-state index in [-0.39, 0.29) is 23.8 Å². The lowest BCUT2D eigenvalue weighted by Crippen LogP contribution is -2.47. The molecule has 2 aromatic rings. The summed E-state index contributed by atoms with van der Waals surface area (Å²) in [6, 6.07) is 11.5. The summed E-state index contributed by atoms with van der Waals surface area (Å²) < 4.78 is 5.34. The highest BCUT2D eigenvalue weighted by molar-refractivity contribution is 5.94. The fourth-order valence-electron chi connectivity index (χ4n) is 3.50. The minimum Gasteiger partial charge on any atom is -0.469 e. The fourth-order valence-corrected chi connectivity index (χ4v) is 3.50. The topological polar surface area (TPSA) is 62.6 Å². The molecule has 1 saturated heterocycles. The number of furan rings is 1. The van der Waals surface area contributed by atoms with E-state index in [4.69, 9.17) is 4.42 Å². The van der Waals surface area contributed by atoms with E-state index < -0.39 is 0 Å². The number of hydrogen-bond donors (Lipinski definition) is 1. The predicted octanol–water partition coefficient (Wildman–Crippen LogP) is 3.58. The molecular formula is C22H28N2O3. The smallest absolute Gasteiger partial charge is 0.253 e. The molecule has 0 saturated carbocycles. The molecular weight excluding hydrogens is 340 g/mol. The zero-order valence-electron chi connectivity index (χ0n) is 16.1. The maximum atomic E-state index is 12.7. The molecule has 2 atom stereocenters. The van der Waals surface area contributed by atoms with E-state index in [0.29, 0.717) is 18.7 Å². The Hall–Kier alpha value is -2.56. The Morgan fingerprint density at radius 3 is 2.74 bits per heavy atom. The third-order valence-electron chi connectivity index (χ3n) is 5.17. The van der Waals surface area contributed by atoms with Gasteiger partial charge in [-0.3, -0.25) is 9.59 Å². The van der Waals surface area contributed by atoms with Crippen molar-refractivity contribution in [1.29, 1.82) is 0 Å². The van der Waals surface area contributed by atoms with Crippen LogP contribution in [0.3, 0.4) is 0 Å². The second-order valence-corrected chi connectivity index (χ2v) is 7.48. The van der Waals surface area contributed by atoms with Crippen molar-refractivity contribution in [2.75, 3.05) is 13.1 Å². The summed E-state index contributed by atoms with van der Waals surface area (Å²) in [6.45, 7) is 5.22. The molecule has 0 bridgehead atoms. The van der Waals surface area contributed by atoms with Crippen molar-refractivity contribution >= 4 is 11.8 Å². The third kappa shape index (κ3) is 5.22. The molecule has 0 radical (unpaired) electrons. The van der Waals surface area contributed by atoms with Crippen LogP contribution in [-0.4, -0.2) is 35.8 Å². The molecule has 1 aromatic carbocycles. The van der Waals surface area contributed by atoms with Crippen LogP contribution < -0.4 is 5.32 Å². The first-order valence-corrected chi connectivity index (χ1v) is 9.71. The molecule has 1 aliphatic rings. The van der Waals surface area contributed by atoms with Gasteiger partial charge in [0.05, 0.1) is 12.2 Å². The minimum atomic E-state index is -0.140. The third-order valence-corrected chi connectivity index (χ3v) is 5.17. The molecule has 1 N–H and O–H groups in total. The molecule has 144 valence electrons. The molecule has 27 heavy (non-hydrogen) atoms. The number of nitrogens with one attached hydrogen (secondary N) is 1. The number of piperidine rings is 1. The number of carbonyl (C=O) groups is 2. The average molecular weight is 368 g/mol. The summed E-state index contributed by atoms with van der Waals surface area (Å²) in [5.74, 6) is 0.851. The lowest BCUT2D eigenvalue weighted by Gasteiger charge is -2.32. The summed E-state index contributed by atoms with van der Waals surface area (Å²) in [6.07, 6.45) is 4.99. The van der Waals surface area contributed by atoms with Crippen molar-refractivity contribution in [2.45, 2.75) is 45.6 Å². The van der Waals surface area contributed by atoms with E-state index in [1.165, 1.54) is 0 Å². The van der Waals surface area contributed by atoms with Crippen LogP contribution >= 0.6 is 0 Å². The molecule has 2 amide bonds. The Labute approximate surface area is 160 Å². The van der Waals surface area contributed by atoms with Gasteiger partial charge >= 0.3 is 0 Å². The van der Waals surface area contributed by atoms with Crippen molar-refractivity contribution < 1.29 is 14.0 Å². The lowest BCUT2D eigenvalue weighted by atomic mass is 9.96. The van der Waals surface area contributed by atoms with Crippen molar-refractivity contribution in [2.24, 2.45) is 5.92 Å². The maximum Gasteiger partial charge on any atom is 0.253 e. The highest BCUT2D eigenvalue weighted by atomic mass is 16.3. The van der Waals surface area contributed by atoms with E-state index in [9.17, 15) is 9.59 Å². The van der Waals surface area contributed by atoms with Gasteiger partial charge in [0.25, 0.3) is 5.91 Å². The average Bonchev–Trinajstić information content (AvgIpc) is 3.20. The molecule has 5 heteroatoms. The van der Waals surface area contributed by atoms with Crippen LogP contribution in [0.15, 0.2) is 47.1 Å². The second kappa shape index (κ2) is 8.89. The quantitative estimate of drug-likeness (QED) is 0.848. The normalized spacial score (nSPS) is 18.1. The SMILES string of the molecule is Cc1ccc(C(=O)N2CCCC(C(=O)NC(C)CCc3ccco3)C2)cc1. The highest BCUT2D eigenvalue weighted by Gasteiger charge is 2.29. The Balaban J connectivity index is 1.51. The first kappa shape index (κ1) is 19.2. The zero-order valence-corrected chi connectivity index (χ0v) is 16.1. The van der Waals surface area contributed by atoms with Gasteiger partial charge in [-0.15, -0.1) is 0 Å². The van der Waals surface area contributed by atoms with Gasteiger partial charge < -0.3 is 14.6 Å². The zero-order chi connectivity index (χ0) is 19.2. The van der Waals surface area contributed by atoms with Gasteiger partial charge in [-0.05, 0) is 57.4 Å².